The number of imidazole rings is 2. The molecule has 0 spiro atoms. The third kappa shape index (κ3) is 6.60. The van der Waals surface area contributed by atoms with Crippen LogP contribution in [0.5, 0.6) is 0 Å². The zero-order chi connectivity index (χ0) is 33.3. The summed E-state index contributed by atoms with van der Waals surface area (Å²) >= 11 is 6.69. The van der Waals surface area contributed by atoms with E-state index in [0.29, 0.717) is 0 Å². The summed E-state index contributed by atoms with van der Waals surface area (Å²) in [7, 11) is 0. The Labute approximate surface area is 292 Å². The number of halogens is 1. The molecule has 8 aromatic rings. The van der Waals surface area contributed by atoms with Crippen LogP contribution in [0.25, 0.3) is 11.1 Å². The van der Waals surface area contributed by atoms with Crippen LogP contribution in [0.15, 0.2) is 207 Å². The monoisotopic (exact) mass is 654 g/mol. The standard InChI is InChI=1S/C22H17ClN2.C22H18N2/c23-21-14-8-7-13-20(21)22(25-16-15-24-17-25,18-9-3-1-4-10-18)19-11-5-2-6-12-19;1-3-7-18(8-4-1)19-11-13-21(14-12-19)22(24-16-15-23-17-24)20-9-5-2-6-10-20/h1-17H;1-17,22H. The fourth-order valence-corrected chi connectivity index (χ4v) is 6.84. The lowest BCUT2D eigenvalue weighted by Gasteiger charge is -2.37. The van der Waals surface area contributed by atoms with Crippen molar-refractivity contribution in [2.24, 2.45) is 0 Å². The molecule has 1 unspecified atom stereocenters. The van der Waals surface area contributed by atoms with Crippen LogP contribution in [0.1, 0.15) is 33.9 Å². The second-order valence-electron chi connectivity index (χ2n) is 11.7. The van der Waals surface area contributed by atoms with Gasteiger partial charge in [0.1, 0.15) is 5.54 Å². The van der Waals surface area contributed by atoms with E-state index in [0.717, 1.165) is 21.7 Å². The van der Waals surface area contributed by atoms with Gasteiger partial charge < -0.3 is 9.13 Å². The number of benzene rings is 6. The van der Waals surface area contributed by atoms with Gasteiger partial charge in [-0.25, -0.2) is 9.97 Å². The van der Waals surface area contributed by atoms with E-state index in [9.17, 15) is 0 Å². The third-order valence-electron chi connectivity index (χ3n) is 8.81. The van der Waals surface area contributed by atoms with Gasteiger partial charge in [-0.05, 0) is 39.4 Å². The molecule has 0 saturated heterocycles. The molecule has 4 nitrogen and oxygen atoms in total. The fraction of sp³-hybridized carbons (Fsp3) is 0.0455. The van der Waals surface area contributed by atoms with Crippen LogP contribution in [0.4, 0.5) is 0 Å². The smallest absolute Gasteiger partial charge is 0.123 e. The maximum atomic E-state index is 6.69. The average Bonchev–Trinajstić information content (AvgIpc) is 3.92. The molecule has 0 saturated carbocycles. The molecule has 0 radical (unpaired) electrons. The first-order chi connectivity index (χ1) is 24.2. The van der Waals surface area contributed by atoms with E-state index >= 15 is 0 Å². The van der Waals surface area contributed by atoms with E-state index in [1.807, 2.05) is 73.7 Å². The molecule has 238 valence electrons. The van der Waals surface area contributed by atoms with Crippen LogP contribution in [-0.4, -0.2) is 19.1 Å². The van der Waals surface area contributed by atoms with Gasteiger partial charge in [0.05, 0.1) is 18.7 Å². The predicted octanol–water partition coefficient (Wildman–Crippen LogP) is 10.6. The number of aromatic nitrogens is 4. The van der Waals surface area contributed by atoms with Gasteiger partial charge in [-0.1, -0.05) is 175 Å². The Morgan fingerprint density at radius 1 is 0.469 bits per heavy atom. The number of rotatable bonds is 8. The summed E-state index contributed by atoms with van der Waals surface area (Å²) in [5.41, 5.74) is 7.67. The molecule has 1 atom stereocenters. The molecule has 8 rings (SSSR count). The minimum Gasteiger partial charge on any atom is -0.326 e. The van der Waals surface area contributed by atoms with Gasteiger partial charge in [0.25, 0.3) is 0 Å². The van der Waals surface area contributed by atoms with Gasteiger partial charge in [0.15, 0.2) is 0 Å². The van der Waals surface area contributed by atoms with E-state index < -0.39 is 5.54 Å². The second-order valence-corrected chi connectivity index (χ2v) is 12.1. The lowest BCUT2D eigenvalue weighted by atomic mass is 9.76. The topological polar surface area (TPSA) is 35.6 Å². The average molecular weight is 655 g/mol. The van der Waals surface area contributed by atoms with Crippen LogP contribution in [0, 0.1) is 0 Å². The maximum Gasteiger partial charge on any atom is 0.123 e. The molecule has 0 N–H and O–H groups in total. The van der Waals surface area contributed by atoms with Crippen molar-refractivity contribution in [2.45, 2.75) is 11.6 Å². The Hall–Kier alpha value is -5.97. The molecule has 0 bridgehead atoms. The fourth-order valence-electron chi connectivity index (χ4n) is 6.57. The molecule has 0 aliphatic carbocycles. The van der Waals surface area contributed by atoms with Gasteiger partial charge in [0.2, 0.25) is 0 Å². The van der Waals surface area contributed by atoms with Crippen LogP contribution >= 0.6 is 11.6 Å². The van der Waals surface area contributed by atoms with Gasteiger partial charge >= 0.3 is 0 Å². The van der Waals surface area contributed by atoms with Gasteiger partial charge in [0, 0.05) is 35.4 Å². The molecule has 49 heavy (non-hydrogen) atoms. The highest BCUT2D eigenvalue weighted by Gasteiger charge is 2.39. The summed E-state index contributed by atoms with van der Waals surface area (Å²) in [6, 6.07) is 58.8. The first kappa shape index (κ1) is 31.6. The van der Waals surface area contributed by atoms with Gasteiger partial charge in [-0.15, -0.1) is 0 Å². The van der Waals surface area contributed by atoms with E-state index in [2.05, 4.69) is 146 Å². The predicted molar refractivity (Wildman–Crippen MR) is 200 cm³/mol. The van der Waals surface area contributed by atoms with Crippen molar-refractivity contribution in [2.75, 3.05) is 0 Å². The zero-order valence-corrected chi connectivity index (χ0v) is 27.6. The molecule has 2 aromatic heterocycles. The minimum atomic E-state index is -0.586. The summed E-state index contributed by atoms with van der Waals surface area (Å²) in [6.45, 7) is 0. The van der Waals surface area contributed by atoms with Crippen molar-refractivity contribution in [1.29, 1.82) is 0 Å². The number of hydrogen-bond donors (Lipinski definition) is 0. The SMILES string of the molecule is Clc1ccccc1C(c1ccccc1)(c1ccccc1)n1ccnc1.c1ccc(-c2ccc(C(c3ccccc3)n3ccnc3)cc2)cc1. The first-order valence-corrected chi connectivity index (χ1v) is 16.6. The summed E-state index contributed by atoms with van der Waals surface area (Å²) in [6.07, 6.45) is 11.4. The van der Waals surface area contributed by atoms with Crippen molar-refractivity contribution in [3.63, 3.8) is 0 Å². The molecule has 0 aliphatic rings. The van der Waals surface area contributed by atoms with Crippen LogP contribution in [0.3, 0.4) is 0 Å². The lowest BCUT2D eigenvalue weighted by Crippen LogP contribution is -2.37. The second kappa shape index (κ2) is 14.8. The minimum absolute atomic E-state index is 0.138. The van der Waals surface area contributed by atoms with Gasteiger partial charge in [-0.3, -0.25) is 0 Å². The van der Waals surface area contributed by atoms with Crippen LogP contribution in [0.2, 0.25) is 5.02 Å². The Balaban J connectivity index is 0.000000154. The molecule has 6 aromatic carbocycles. The first-order valence-electron chi connectivity index (χ1n) is 16.3. The van der Waals surface area contributed by atoms with Crippen molar-refractivity contribution in [3.8, 4) is 11.1 Å². The maximum absolute atomic E-state index is 6.69. The Morgan fingerprint density at radius 2 is 0.959 bits per heavy atom. The van der Waals surface area contributed by atoms with Crippen molar-refractivity contribution in [3.05, 3.63) is 240 Å². The zero-order valence-electron chi connectivity index (χ0n) is 26.9. The molecule has 0 aliphatic heterocycles. The van der Waals surface area contributed by atoms with Crippen molar-refractivity contribution >= 4 is 11.6 Å². The molecular weight excluding hydrogens is 620 g/mol. The molecule has 0 fully saturated rings. The third-order valence-corrected chi connectivity index (χ3v) is 9.14. The van der Waals surface area contributed by atoms with Crippen LogP contribution in [-0.2, 0) is 5.54 Å². The summed E-state index contributed by atoms with van der Waals surface area (Å²) in [4.78, 5) is 8.54. The molecule has 5 heteroatoms. The van der Waals surface area contributed by atoms with E-state index in [1.54, 1.807) is 6.20 Å². The van der Waals surface area contributed by atoms with Crippen LogP contribution < -0.4 is 0 Å². The normalized spacial score (nSPS) is 11.7. The highest BCUT2D eigenvalue weighted by atomic mass is 35.5. The van der Waals surface area contributed by atoms with Gasteiger partial charge in [-0.2, -0.15) is 0 Å². The summed E-state index contributed by atoms with van der Waals surface area (Å²) in [5.74, 6) is 0. The Kier molecular flexibility index (Phi) is 9.58. The highest BCUT2D eigenvalue weighted by molar-refractivity contribution is 6.31. The van der Waals surface area contributed by atoms with Crippen molar-refractivity contribution < 1.29 is 0 Å². The Morgan fingerprint density at radius 3 is 1.51 bits per heavy atom. The molecule has 2 heterocycles. The van der Waals surface area contributed by atoms with E-state index in [1.165, 1.54) is 22.3 Å². The number of hydrogen-bond acceptors (Lipinski definition) is 2. The number of nitrogens with zero attached hydrogens (tertiary/aromatic N) is 4. The summed E-state index contributed by atoms with van der Waals surface area (Å²) < 4.78 is 4.27. The van der Waals surface area contributed by atoms with E-state index in [-0.39, 0.29) is 6.04 Å². The molecule has 0 amide bonds. The molecular formula is C44H35ClN4. The van der Waals surface area contributed by atoms with E-state index in [4.69, 9.17) is 11.6 Å². The lowest BCUT2D eigenvalue weighted by molar-refractivity contribution is 0.515. The van der Waals surface area contributed by atoms with Crippen molar-refractivity contribution in [1.82, 2.24) is 19.1 Å². The summed E-state index contributed by atoms with van der Waals surface area (Å²) in [5, 5.41) is 0.726. The Bertz CT molecular complexity index is 2110. The highest BCUT2D eigenvalue weighted by Crippen LogP contribution is 2.43. The largest absolute Gasteiger partial charge is 0.326 e. The quantitative estimate of drug-likeness (QED) is 0.153.